The minimum atomic E-state index is -0.459. The molecule has 1 heterocycles. The van der Waals surface area contributed by atoms with Crippen LogP contribution in [-0.2, 0) is 0 Å². The van der Waals surface area contributed by atoms with Crippen molar-refractivity contribution >= 4 is 35.0 Å². The number of methoxy groups -OCH3 is 1. The second-order valence-corrected chi connectivity index (χ2v) is 6.04. The summed E-state index contributed by atoms with van der Waals surface area (Å²) in [4.78, 5) is 12.3. The van der Waals surface area contributed by atoms with E-state index in [4.69, 9.17) is 22.1 Å². The van der Waals surface area contributed by atoms with E-state index in [0.29, 0.717) is 28.0 Å². The van der Waals surface area contributed by atoms with Gasteiger partial charge in [0.25, 0.3) is 0 Å². The summed E-state index contributed by atoms with van der Waals surface area (Å²) in [6.45, 7) is 1.92. The van der Waals surface area contributed by atoms with Crippen LogP contribution in [0.15, 0.2) is 48.5 Å². The molecule has 0 atom stereocenters. The molecule has 0 unspecified atom stereocenters. The van der Waals surface area contributed by atoms with Crippen LogP contribution in [0, 0.1) is 6.92 Å². The number of aryl methyl sites for hydroxylation is 1. The number of nitrogen functional groups attached to an aromatic ring is 1. The number of hydrogen-bond acceptors (Lipinski definition) is 4. The van der Waals surface area contributed by atoms with Gasteiger partial charge in [0.15, 0.2) is 0 Å². The summed E-state index contributed by atoms with van der Waals surface area (Å²) in [5.74, 6) is 1.35. The van der Waals surface area contributed by atoms with Crippen LogP contribution in [0.25, 0.3) is 5.69 Å². The van der Waals surface area contributed by atoms with Gasteiger partial charge in [0, 0.05) is 12.1 Å². The molecule has 1 aromatic heterocycles. The van der Waals surface area contributed by atoms with E-state index in [1.807, 2.05) is 31.2 Å². The highest BCUT2D eigenvalue weighted by Crippen LogP contribution is 2.24. The molecule has 0 saturated heterocycles. The fourth-order valence-electron chi connectivity index (χ4n) is 2.42. The first-order chi connectivity index (χ1) is 12.5. The molecule has 0 aliphatic heterocycles. The van der Waals surface area contributed by atoms with E-state index in [9.17, 15) is 4.79 Å². The van der Waals surface area contributed by atoms with Gasteiger partial charge in [-0.15, -0.1) is 5.10 Å². The van der Waals surface area contributed by atoms with E-state index < -0.39 is 6.03 Å². The summed E-state index contributed by atoms with van der Waals surface area (Å²) >= 11 is 6.15. The van der Waals surface area contributed by atoms with Crippen molar-refractivity contribution in [1.82, 2.24) is 9.78 Å². The lowest BCUT2D eigenvalue weighted by Crippen LogP contribution is -2.21. The molecular weight excluding hydrogens is 354 g/mol. The van der Waals surface area contributed by atoms with Gasteiger partial charge >= 0.3 is 6.03 Å². The zero-order valence-corrected chi connectivity index (χ0v) is 15.0. The zero-order valence-electron chi connectivity index (χ0n) is 14.3. The fourth-order valence-corrected chi connectivity index (χ4v) is 2.70. The Bertz CT molecular complexity index is 955. The first-order valence-electron chi connectivity index (χ1n) is 7.80. The largest absolute Gasteiger partial charge is 0.497 e. The first kappa shape index (κ1) is 17.6. The minimum absolute atomic E-state index is 0.275. The summed E-state index contributed by atoms with van der Waals surface area (Å²) < 4.78 is 6.74. The summed E-state index contributed by atoms with van der Waals surface area (Å²) in [6.07, 6.45) is 0. The van der Waals surface area contributed by atoms with Crippen molar-refractivity contribution in [3.63, 3.8) is 0 Å². The Morgan fingerprint density at radius 2 is 2.00 bits per heavy atom. The highest BCUT2D eigenvalue weighted by atomic mass is 35.5. The van der Waals surface area contributed by atoms with Crippen molar-refractivity contribution in [3.05, 3.63) is 59.1 Å². The lowest BCUT2D eigenvalue weighted by atomic mass is 10.2. The van der Waals surface area contributed by atoms with Crippen LogP contribution in [0.4, 0.5) is 22.1 Å². The maximum absolute atomic E-state index is 12.3. The van der Waals surface area contributed by atoms with Gasteiger partial charge in [0.1, 0.15) is 17.4 Å². The Morgan fingerprint density at radius 3 is 2.73 bits per heavy atom. The first-order valence-corrected chi connectivity index (χ1v) is 8.18. The second-order valence-electron chi connectivity index (χ2n) is 5.63. The predicted molar refractivity (Wildman–Crippen MR) is 103 cm³/mol. The van der Waals surface area contributed by atoms with Crippen molar-refractivity contribution in [3.8, 4) is 11.4 Å². The number of carbonyl (C=O) groups excluding carboxylic acids is 1. The second kappa shape index (κ2) is 7.37. The quantitative estimate of drug-likeness (QED) is 0.644. The van der Waals surface area contributed by atoms with Crippen molar-refractivity contribution in [1.29, 1.82) is 0 Å². The molecule has 0 spiro atoms. The highest BCUT2D eigenvalue weighted by Gasteiger charge is 2.13. The van der Waals surface area contributed by atoms with E-state index in [2.05, 4.69) is 15.7 Å². The maximum atomic E-state index is 12.3. The van der Waals surface area contributed by atoms with Gasteiger partial charge in [0.2, 0.25) is 0 Å². The molecule has 0 fully saturated rings. The maximum Gasteiger partial charge on any atom is 0.324 e. The number of benzene rings is 2. The number of anilines is 3. The van der Waals surface area contributed by atoms with Crippen molar-refractivity contribution in [2.75, 3.05) is 23.5 Å². The molecule has 7 nitrogen and oxygen atoms in total. The Morgan fingerprint density at radius 1 is 1.19 bits per heavy atom. The van der Waals surface area contributed by atoms with Gasteiger partial charge in [-0.05, 0) is 36.8 Å². The Labute approximate surface area is 155 Å². The van der Waals surface area contributed by atoms with E-state index in [1.165, 1.54) is 4.68 Å². The van der Waals surface area contributed by atoms with Gasteiger partial charge < -0.3 is 15.8 Å². The topological polar surface area (TPSA) is 94.2 Å². The molecule has 0 aliphatic rings. The van der Waals surface area contributed by atoms with E-state index >= 15 is 0 Å². The number of hydrogen-bond donors (Lipinski definition) is 3. The number of nitrogens with two attached hydrogens (primary N) is 1. The van der Waals surface area contributed by atoms with E-state index in [-0.39, 0.29) is 5.82 Å². The van der Waals surface area contributed by atoms with Gasteiger partial charge in [-0.2, -0.15) is 0 Å². The smallest absolute Gasteiger partial charge is 0.324 e. The summed E-state index contributed by atoms with van der Waals surface area (Å²) in [7, 11) is 1.58. The molecule has 3 rings (SSSR count). The number of urea groups is 1. The van der Waals surface area contributed by atoms with Crippen LogP contribution in [0.5, 0.6) is 5.75 Å². The van der Waals surface area contributed by atoms with E-state index in [1.54, 1.807) is 31.4 Å². The number of carbonyl (C=O) groups is 1. The third-order valence-electron chi connectivity index (χ3n) is 3.64. The number of halogens is 1. The Kier molecular flexibility index (Phi) is 4.99. The molecule has 134 valence electrons. The molecule has 0 aliphatic carbocycles. The lowest BCUT2D eigenvalue weighted by molar-refractivity contribution is 0.262. The van der Waals surface area contributed by atoms with Crippen LogP contribution >= 0.6 is 11.6 Å². The van der Waals surface area contributed by atoms with E-state index in [0.717, 1.165) is 5.56 Å². The summed E-state index contributed by atoms with van der Waals surface area (Å²) in [6, 6.07) is 13.7. The molecule has 0 radical (unpaired) electrons. The van der Waals surface area contributed by atoms with Crippen LogP contribution in [0.2, 0.25) is 5.02 Å². The summed E-state index contributed by atoms with van der Waals surface area (Å²) in [5.41, 5.74) is 8.01. The average Bonchev–Trinajstić information content (AvgIpc) is 2.97. The standard InChI is InChI=1S/C18H18ClN5O2/c1-11-6-7-15(14(19)8-11)21-18(25)22-17-10-16(20)23-24(17)12-4-3-5-13(9-12)26-2/h3-10H,1-2H3,(H2,20,23)(H2,21,22,25). The fraction of sp³-hybridized carbons (Fsp3) is 0.111. The number of amides is 2. The Balaban J connectivity index is 1.82. The van der Waals surface area contributed by atoms with Crippen molar-refractivity contribution in [2.45, 2.75) is 6.92 Å². The van der Waals surface area contributed by atoms with Gasteiger partial charge in [-0.1, -0.05) is 23.7 Å². The monoisotopic (exact) mass is 371 g/mol. The molecule has 2 aromatic carbocycles. The van der Waals surface area contributed by atoms with Crippen molar-refractivity contribution < 1.29 is 9.53 Å². The number of rotatable bonds is 4. The lowest BCUT2D eigenvalue weighted by Gasteiger charge is -2.11. The average molecular weight is 372 g/mol. The van der Waals surface area contributed by atoms with Crippen LogP contribution in [0.1, 0.15) is 5.56 Å². The van der Waals surface area contributed by atoms with Gasteiger partial charge in [-0.25, -0.2) is 9.48 Å². The number of nitrogens with one attached hydrogen (secondary N) is 2. The number of nitrogens with zero attached hydrogens (tertiary/aromatic N) is 2. The Hall–Kier alpha value is -3.19. The van der Waals surface area contributed by atoms with Gasteiger partial charge in [0.05, 0.1) is 23.5 Å². The van der Waals surface area contributed by atoms with Crippen LogP contribution in [0.3, 0.4) is 0 Å². The molecule has 3 aromatic rings. The molecular formula is C18H18ClN5O2. The number of aromatic nitrogens is 2. The SMILES string of the molecule is COc1cccc(-n2nc(N)cc2NC(=O)Nc2ccc(C)cc2Cl)c1. The normalized spacial score (nSPS) is 10.4. The highest BCUT2D eigenvalue weighted by molar-refractivity contribution is 6.33. The molecule has 0 bridgehead atoms. The van der Waals surface area contributed by atoms with Crippen LogP contribution in [-0.4, -0.2) is 22.9 Å². The molecule has 26 heavy (non-hydrogen) atoms. The predicted octanol–water partition coefficient (Wildman–Crippen LogP) is 4.07. The third-order valence-corrected chi connectivity index (χ3v) is 3.95. The molecule has 0 saturated carbocycles. The third kappa shape index (κ3) is 3.89. The van der Waals surface area contributed by atoms with Gasteiger partial charge in [-0.3, -0.25) is 5.32 Å². The summed E-state index contributed by atoms with van der Waals surface area (Å²) in [5, 5.41) is 10.1. The minimum Gasteiger partial charge on any atom is -0.497 e. The van der Waals surface area contributed by atoms with Crippen molar-refractivity contribution in [2.24, 2.45) is 0 Å². The molecule has 4 N–H and O–H groups in total. The van der Waals surface area contributed by atoms with Crippen LogP contribution < -0.4 is 21.1 Å². The zero-order chi connectivity index (χ0) is 18.7. The molecule has 2 amide bonds. The number of ether oxygens (including phenoxy) is 1. The molecule has 8 heteroatoms.